The van der Waals surface area contributed by atoms with Crippen molar-refractivity contribution in [1.29, 1.82) is 0 Å². The molecular weight excluding hydrogens is 392 g/mol. The number of anilines is 1. The molecule has 0 aliphatic rings. The molecule has 0 radical (unpaired) electrons. The molecule has 156 valence electrons. The van der Waals surface area contributed by atoms with Crippen molar-refractivity contribution in [3.05, 3.63) is 52.5 Å². The van der Waals surface area contributed by atoms with Crippen molar-refractivity contribution in [1.82, 2.24) is 5.32 Å². The second kappa shape index (κ2) is 10.7. The molecule has 0 heterocycles. The quantitative estimate of drug-likeness (QED) is 0.636. The van der Waals surface area contributed by atoms with Gasteiger partial charge in [-0.3, -0.25) is 9.59 Å². The highest BCUT2D eigenvalue weighted by Crippen LogP contribution is 2.36. The lowest BCUT2D eigenvalue weighted by Gasteiger charge is -2.15. The minimum atomic E-state index is -0.431. The van der Waals surface area contributed by atoms with E-state index in [4.69, 9.17) is 21.1 Å². The molecule has 0 aliphatic carbocycles. The normalized spacial score (nSPS) is 10.6. The van der Waals surface area contributed by atoms with Gasteiger partial charge < -0.3 is 20.1 Å². The maximum absolute atomic E-state index is 12.5. The average Bonchev–Trinajstić information content (AvgIpc) is 2.70. The van der Waals surface area contributed by atoms with Gasteiger partial charge in [0.1, 0.15) is 0 Å². The summed E-state index contributed by atoms with van der Waals surface area (Å²) in [7, 11) is 1.48. The first-order valence-corrected chi connectivity index (χ1v) is 9.89. The minimum absolute atomic E-state index is 0.164. The first kappa shape index (κ1) is 22.6. The minimum Gasteiger partial charge on any atom is -0.493 e. The number of hydrogen-bond acceptors (Lipinski definition) is 4. The lowest BCUT2D eigenvalue weighted by Crippen LogP contribution is -2.33. The lowest BCUT2D eigenvalue weighted by atomic mass is 10.1. The van der Waals surface area contributed by atoms with Crippen molar-refractivity contribution in [3.63, 3.8) is 0 Å². The van der Waals surface area contributed by atoms with Crippen molar-refractivity contribution < 1.29 is 19.1 Å². The maximum Gasteiger partial charge on any atom is 0.251 e. The summed E-state index contributed by atoms with van der Waals surface area (Å²) in [6.45, 7) is 6.36. The van der Waals surface area contributed by atoms with Crippen LogP contribution < -0.4 is 20.1 Å². The number of carbonyl (C=O) groups is 2. The summed E-state index contributed by atoms with van der Waals surface area (Å²) in [4.78, 5) is 24.7. The van der Waals surface area contributed by atoms with E-state index >= 15 is 0 Å². The zero-order valence-corrected chi connectivity index (χ0v) is 17.9. The fourth-order valence-corrected chi connectivity index (χ4v) is 2.91. The Morgan fingerprint density at radius 2 is 1.90 bits per heavy atom. The Morgan fingerprint density at radius 1 is 1.17 bits per heavy atom. The van der Waals surface area contributed by atoms with Gasteiger partial charge in [0.25, 0.3) is 5.91 Å². The molecule has 6 nitrogen and oxygen atoms in total. The Hall–Kier alpha value is -2.73. The Morgan fingerprint density at radius 3 is 2.55 bits per heavy atom. The third kappa shape index (κ3) is 6.39. The number of benzene rings is 2. The van der Waals surface area contributed by atoms with Crippen LogP contribution in [0.4, 0.5) is 5.69 Å². The van der Waals surface area contributed by atoms with Crippen LogP contribution in [0.1, 0.15) is 36.7 Å². The largest absolute Gasteiger partial charge is 0.493 e. The first-order valence-electron chi connectivity index (χ1n) is 9.52. The molecule has 2 N–H and O–H groups in total. The number of amides is 2. The van der Waals surface area contributed by atoms with Crippen molar-refractivity contribution in [2.75, 3.05) is 25.6 Å². The van der Waals surface area contributed by atoms with Gasteiger partial charge in [-0.25, -0.2) is 0 Å². The van der Waals surface area contributed by atoms with E-state index in [-0.39, 0.29) is 23.0 Å². The predicted octanol–water partition coefficient (Wildman–Crippen LogP) is 4.31. The summed E-state index contributed by atoms with van der Waals surface area (Å²) in [6, 6.07) is 10.6. The number of methoxy groups -OCH3 is 1. The number of rotatable bonds is 9. The van der Waals surface area contributed by atoms with E-state index in [1.54, 1.807) is 6.07 Å². The third-order valence-electron chi connectivity index (χ3n) is 4.13. The molecule has 29 heavy (non-hydrogen) atoms. The predicted molar refractivity (Wildman–Crippen MR) is 115 cm³/mol. The van der Waals surface area contributed by atoms with E-state index in [1.165, 1.54) is 13.2 Å². The van der Waals surface area contributed by atoms with Crippen molar-refractivity contribution in [2.45, 2.75) is 27.2 Å². The van der Waals surface area contributed by atoms with Crippen LogP contribution in [0.25, 0.3) is 0 Å². The van der Waals surface area contributed by atoms with Crippen LogP contribution in [0.2, 0.25) is 5.02 Å². The maximum atomic E-state index is 12.5. The van der Waals surface area contributed by atoms with Crippen molar-refractivity contribution in [3.8, 4) is 11.5 Å². The topological polar surface area (TPSA) is 76.7 Å². The third-order valence-corrected chi connectivity index (χ3v) is 4.42. The number of nitrogens with one attached hydrogen (secondary N) is 2. The number of ether oxygens (including phenoxy) is 2. The van der Waals surface area contributed by atoms with E-state index in [0.29, 0.717) is 24.0 Å². The highest BCUT2D eigenvalue weighted by atomic mass is 35.5. The number of carbonyl (C=O) groups excluding carboxylic acids is 2. The number of para-hydroxylation sites is 1. The average molecular weight is 419 g/mol. The summed E-state index contributed by atoms with van der Waals surface area (Å²) in [5.41, 5.74) is 2.05. The van der Waals surface area contributed by atoms with Crippen LogP contribution in [-0.2, 0) is 11.2 Å². The van der Waals surface area contributed by atoms with Gasteiger partial charge in [0, 0.05) is 11.3 Å². The summed E-state index contributed by atoms with van der Waals surface area (Å²) < 4.78 is 11.0. The van der Waals surface area contributed by atoms with Crippen LogP contribution >= 0.6 is 11.6 Å². The SMILES string of the molecule is CCc1ccccc1NC(=O)CNC(=O)c1cc(Cl)c(OCC(C)C)c(OC)c1. The first-order chi connectivity index (χ1) is 13.8. The molecule has 0 saturated heterocycles. The van der Waals surface area contributed by atoms with Crippen molar-refractivity contribution >= 4 is 29.1 Å². The summed E-state index contributed by atoms with van der Waals surface area (Å²) >= 11 is 6.28. The fourth-order valence-electron chi connectivity index (χ4n) is 2.65. The van der Waals surface area contributed by atoms with Crippen LogP contribution in [0, 0.1) is 5.92 Å². The molecule has 0 atom stereocenters. The van der Waals surface area contributed by atoms with Gasteiger partial charge in [-0.2, -0.15) is 0 Å². The molecular formula is C22H27ClN2O4. The molecule has 7 heteroatoms. The number of halogens is 1. The van der Waals surface area contributed by atoms with Gasteiger partial charge in [0.15, 0.2) is 11.5 Å². The second-order valence-electron chi connectivity index (χ2n) is 6.94. The van der Waals surface area contributed by atoms with Gasteiger partial charge in [-0.05, 0) is 36.1 Å². The molecule has 2 rings (SSSR count). The molecule has 2 aromatic carbocycles. The van der Waals surface area contributed by atoms with Gasteiger partial charge in [0.2, 0.25) is 5.91 Å². The van der Waals surface area contributed by atoms with Crippen LogP contribution in [-0.4, -0.2) is 32.1 Å². The number of aryl methyl sites for hydroxylation is 1. The number of hydrogen-bond donors (Lipinski definition) is 2. The smallest absolute Gasteiger partial charge is 0.251 e. The second-order valence-corrected chi connectivity index (χ2v) is 7.34. The molecule has 0 fully saturated rings. The van der Waals surface area contributed by atoms with E-state index in [2.05, 4.69) is 10.6 Å². The van der Waals surface area contributed by atoms with Gasteiger partial charge >= 0.3 is 0 Å². The Bertz CT molecular complexity index is 868. The highest BCUT2D eigenvalue weighted by molar-refractivity contribution is 6.32. The zero-order chi connectivity index (χ0) is 21.4. The van der Waals surface area contributed by atoms with Gasteiger partial charge in [0.05, 0.1) is 25.3 Å². The van der Waals surface area contributed by atoms with E-state index in [9.17, 15) is 9.59 Å². The molecule has 0 saturated carbocycles. The molecule has 0 unspecified atom stereocenters. The van der Waals surface area contributed by atoms with E-state index in [0.717, 1.165) is 17.7 Å². The summed E-state index contributed by atoms with van der Waals surface area (Å²) in [5, 5.41) is 5.69. The molecule has 0 aliphatic heterocycles. The molecule has 2 aromatic rings. The Balaban J connectivity index is 2.03. The van der Waals surface area contributed by atoms with Gasteiger partial charge in [-0.1, -0.05) is 50.6 Å². The summed E-state index contributed by atoms with van der Waals surface area (Å²) in [6.07, 6.45) is 0.798. The standard InChI is InChI=1S/C22H27ClN2O4/c1-5-15-8-6-7-9-18(15)25-20(26)12-24-22(27)16-10-17(23)21(19(11-16)28-4)29-13-14(2)3/h6-11,14H,5,12-13H2,1-4H3,(H,24,27)(H,25,26). The Labute approximate surface area is 176 Å². The zero-order valence-electron chi connectivity index (χ0n) is 17.2. The van der Waals surface area contributed by atoms with Crippen LogP contribution in [0.3, 0.4) is 0 Å². The molecule has 0 aromatic heterocycles. The Kier molecular flexibility index (Phi) is 8.34. The molecule has 0 spiro atoms. The van der Waals surface area contributed by atoms with Crippen molar-refractivity contribution in [2.24, 2.45) is 5.92 Å². The van der Waals surface area contributed by atoms with E-state index < -0.39 is 5.91 Å². The van der Waals surface area contributed by atoms with Gasteiger partial charge in [-0.15, -0.1) is 0 Å². The summed E-state index contributed by atoms with van der Waals surface area (Å²) in [5.74, 6) is 0.335. The lowest BCUT2D eigenvalue weighted by molar-refractivity contribution is -0.115. The molecule has 0 bridgehead atoms. The molecule has 2 amide bonds. The highest BCUT2D eigenvalue weighted by Gasteiger charge is 2.17. The monoisotopic (exact) mass is 418 g/mol. The van der Waals surface area contributed by atoms with E-state index in [1.807, 2.05) is 45.0 Å². The van der Waals surface area contributed by atoms with Crippen LogP contribution in [0.15, 0.2) is 36.4 Å². The fraction of sp³-hybridized carbons (Fsp3) is 0.364. The van der Waals surface area contributed by atoms with Crippen LogP contribution in [0.5, 0.6) is 11.5 Å².